The Bertz CT molecular complexity index is 1330. The minimum Gasteiger partial charge on any atom is -0.445 e. The van der Waals surface area contributed by atoms with Gasteiger partial charge in [-0.15, -0.1) is 0 Å². The van der Waals surface area contributed by atoms with Crippen LogP contribution in [0, 0.1) is 17.3 Å². The van der Waals surface area contributed by atoms with Gasteiger partial charge in [-0.3, -0.25) is 4.79 Å². The molecule has 1 aromatic carbocycles. The quantitative estimate of drug-likeness (QED) is 0.353. The molecule has 0 aromatic heterocycles. The van der Waals surface area contributed by atoms with E-state index in [1.165, 1.54) is 6.92 Å². The lowest BCUT2D eigenvalue weighted by molar-refractivity contribution is -0.362. The van der Waals surface area contributed by atoms with Gasteiger partial charge in [-0.1, -0.05) is 36.8 Å². The monoisotopic (exact) mass is 595 g/mol. The van der Waals surface area contributed by atoms with Gasteiger partial charge in [-0.25, -0.2) is 4.79 Å². The Morgan fingerprint density at radius 2 is 1.71 bits per heavy atom. The highest BCUT2D eigenvalue weighted by atomic mass is 19.4. The largest absolute Gasteiger partial charge is 0.456 e. The Labute approximate surface area is 242 Å². The molecule has 0 unspecified atom stereocenters. The number of alkyl halides is 5. The fourth-order valence-electron chi connectivity index (χ4n) is 8.05. The summed E-state index contributed by atoms with van der Waals surface area (Å²) in [6.45, 7) is 6.88. The highest BCUT2D eigenvalue weighted by Crippen LogP contribution is 2.70. The molecule has 1 amide bonds. The van der Waals surface area contributed by atoms with Gasteiger partial charge in [0.25, 0.3) is 0 Å². The molecule has 42 heavy (non-hydrogen) atoms. The Balaban J connectivity index is 1.53. The van der Waals surface area contributed by atoms with Crippen LogP contribution in [0.1, 0.15) is 89.7 Å². The molecule has 5 nitrogen and oxygen atoms in total. The Morgan fingerprint density at radius 3 is 2.33 bits per heavy atom. The van der Waals surface area contributed by atoms with Crippen LogP contribution in [0.5, 0.6) is 0 Å². The van der Waals surface area contributed by atoms with Crippen molar-refractivity contribution in [2.45, 2.75) is 108 Å². The molecular formula is C32H38F5NO4. The summed E-state index contributed by atoms with van der Waals surface area (Å²) in [7, 11) is 0. The van der Waals surface area contributed by atoms with Crippen molar-refractivity contribution in [3.63, 3.8) is 0 Å². The molecule has 0 bridgehead atoms. The molecule has 0 heterocycles. The van der Waals surface area contributed by atoms with Crippen LogP contribution in [0.3, 0.4) is 0 Å². The van der Waals surface area contributed by atoms with Crippen LogP contribution in [0.2, 0.25) is 0 Å². The number of nitrogens with one attached hydrogen (secondary N) is 1. The third-order valence-electron chi connectivity index (χ3n) is 9.99. The Morgan fingerprint density at radius 1 is 1.05 bits per heavy atom. The number of rotatable bonds is 4. The summed E-state index contributed by atoms with van der Waals surface area (Å²) in [5, 5.41) is 14.1. The van der Waals surface area contributed by atoms with Gasteiger partial charge in [0.05, 0.1) is 0 Å². The van der Waals surface area contributed by atoms with Gasteiger partial charge in [-0.2, -0.15) is 22.0 Å². The number of halogens is 5. The van der Waals surface area contributed by atoms with Crippen LogP contribution in [0.15, 0.2) is 47.1 Å². The average Bonchev–Trinajstić information content (AvgIpc) is 3.17. The van der Waals surface area contributed by atoms with Gasteiger partial charge in [0.2, 0.25) is 0 Å². The van der Waals surface area contributed by atoms with Crippen molar-refractivity contribution in [1.82, 2.24) is 5.32 Å². The first-order valence-corrected chi connectivity index (χ1v) is 14.6. The smallest absolute Gasteiger partial charge is 0.445 e. The summed E-state index contributed by atoms with van der Waals surface area (Å²) in [5.41, 5.74) is -1.05. The van der Waals surface area contributed by atoms with E-state index in [4.69, 9.17) is 4.74 Å². The Hall–Kier alpha value is -2.75. The van der Waals surface area contributed by atoms with Gasteiger partial charge in [0.15, 0.2) is 5.78 Å². The average molecular weight is 596 g/mol. The van der Waals surface area contributed by atoms with Gasteiger partial charge in [0, 0.05) is 23.3 Å². The van der Waals surface area contributed by atoms with Crippen molar-refractivity contribution in [1.29, 1.82) is 0 Å². The number of aliphatic hydroxyl groups is 1. The van der Waals surface area contributed by atoms with Crippen molar-refractivity contribution >= 4 is 11.9 Å². The number of hydrogen-bond acceptors (Lipinski definition) is 4. The maximum Gasteiger partial charge on any atom is 0.456 e. The summed E-state index contributed by atoms with van der Waals surface area (Å²) in [4.78, 5) is 24.3. The number of ketones is 1. The molecule has 0 saturated heterocycles. The molecule has 2 fully saturated rings. The number of ether oxygens (including phenoxy) is 1. The van der Waals surface area contributed by atoms with E-state index in [1.807, 2.05) is 20.8 Å². The van der Waals surface area contributed by atoms with Crippen LogP contribution in [0.4, 0.5) is 26.7 Å². The molecule has 2 saturated carbocycles. The number of amides is 1. The van der Waals surface area contributed by atoms with Crippen LogP contribution in [-0.4, -0.2) is 40.2 Å². The van der Waals surface area contributed by atoms with Crippen molar-refractivity contribution in [3.8, 4) is 0 Å². The highest BCUT2D eigenvalue weighted by molar-refractivity contribution is 5.93. The lowest BCUT2D eigenvalue weighted by Gasteiger charge is -2.56. The molecule has 10 heteroatoms. The van der Waals surface area contributed by atoms with Gasteiger partial charge >= 0.3 is 18.2 Å². The molecular weight excluding hydrogens is 557 g/mol. The third-order valence-corrected chi connectivity index (χ3v) is 9.99. The molecule has 1 aromatic rings. The van der Waals surface area contributed by atoms with E-state index in [9.17, 15) is 27.9 Å². The van der Waals surface area contributed by atoms with Crippen molar-refractivity contribution in [2.75, 3.05) is 0 Å². The van der Waals surface area contributed by atoms with Crippen LogP contribution in [-0.2, 0) is 16.1 Å². The first-order chi connectivity index (χ1) is 19.4. The minimum atomic E-state index is -5.89. The second kappa shape index (κ2) is 10.2. The van der Waals surface area contributed by atoms with Crippen molar-refractivity contribution in [3.05, 3.63) is 58.2 Å². The molecule has 4 aliphatic rings. The van der Waals surface area contributed by atoms with Crippen LogP contribution in [0.25, 0.3) is 0 Å². The molecule has 2 N–H and O–H groups in total. The van der Waals surface area contributed by atoms with E-state index in [0.29, 0.717) is 31.2 Å². The van der Waals surface area contributed by atoms with Gasteiger partial charge in [-0.05, 0) is 99.5 Å². The van der Waals surface area contributed by atoms with Gasteiger partial charge in [0.1, 0.15) is 12.2 Å². The summed E-state index contributed by atoms with van der Waals surface area (Å²) in [5.74, 6) is -6.59. The van der Waals surface area contributed by atoms with Crippen molar-refractivity contribution < 1.29 is 41.4 Å². The number of carbonyl (C=O) groups is 2. The number of hydrogen-bond donors (Lipinski definition) is 2. The van der Waals surface area contributed by atoms with Crippen molar-refractivity contribution in [2.24, 2.45) is 17.3 Å². The molecule has 0 aliphatic heterocycles. The first-order valence-electron chi connectivity index (χ1n) is 14.6. The van der Waals surface area contributed by atoms with Crippen LogP contribution >= 0.6 is 0 Å². The predicted molar refractivity (Wildman–Crippen MR) is 146 cm³/mol. The lowest BCUT2D eigenvalue weighted by atomic mass is 9.50. The minimum absolute atomic E-state index is 0.00419. The second-order valence-corrected chi connectivity index (χ2v) is 13.7. The van der Waals surface area contributed by atoms with E-state index in [-0.39, 0.29) is 31.1 Å². The zero-order valence-electron chi connectivity index (χ0n) is 24.3. The highest BCUT2D eigenvalue weighted by Gasteiger charge is 2.79. The fourth-order valence-corrected chi connectivity index (χ4v) is 8.05. The SMILES string of the molecule is CC(C)(C)NC(=O)OCc1ccc([C@H]2C[C@@]3(C)[C@@H](CC[C@@]3(O)C(F)(F)C(F)(F)F)[C@@H]3CCC4=CC(=O)CCC4=C32)cc1. The number of benzene rings is 1. The van der Waals surface area contributed by atoms with Gasteiger partial charge < -0.3 is 15.2 Å². The number of allylic oxidation sites excluding steroid dienone is 4. The van der Waals surface area contributed by atoms with E-state index in [0.717, 1.165) is 22.3 Å². The molecule has 5 rings (SSSR count). The maximum atomic E-state index is 15.1. The second-order valence-electron chi connectivity index (χ2n) is 13.7. The summed E-state index contributed by atoms with van der Waals surface area (Å²) in [6.07, 6.45) is -3.56. The zero-order chi connectivity index (χ0) is 30.9. The standard InChI is InChI=1S/C32H38F5NO4/c1-28(2,3)38-27(40)42-17-18-5-7-19(8-6-18)24-16-29(4)25(13-14-30(29,41)31(33,34)32(35,36)37)23-11-9-20-15-21(39)10-12-22(20)26(23)24/h5-8,15,23-25,41H,9-14,16-17H2,1-4H3,(H,38,40)/t23-,24+,25-,29-,30-/m0/s1. The first kappa shape index (κ1) is 30.7. The predicted octanol–water partition coefficient (Wildman–Crippen LogP) is 7.54. The summed E-state index contributed by atoms with van der Waals surface area (Å²) < 4.78 is 76.8. The fraction of sp³-hybridized carbons (Fsp3) is 0.625. The Kier molecular flexibility index (Phi) is 7.43. The molecule has 230 valence electrons. The number of carbonyl (C=O) groups excluding carboxylic acids is 2. The third kappa shape index (κ3) is 4.97. The maximum absolute atomic E-state index is 15.1. The zero-order valence-corrected chi connectivity index (χ0v) is 24.3. The molecule has 5 atom stereocenters. The lowest BCUT2D eigenvalue weighted by Crippen LogP contribution is -2.65. The molecule has 4 aliphatic carbocycles. The van der Waals surface area contributed by atoms with E-state index in [1.54, 1.807) is 30.3 Å². The summed E-state index contributed by atoms with van der Waals surface area (Å²) >= 11 is 0. The van der Waals surface area contributed by atoms with E-state index in [2.05, 4.69) is 5.32 Å². The normalized spacial score (nSPS) is 31.6. The molecule has 0 spiro atoms. The number of fused-ring (bicyclic) bond motifs is 4. The van der Waals surface area contributed by atoms with Crippen LogP contribution < -0.4 is 5.32 Å². The van der Waals surface area contributed by atoms with E-state index < -0.39 is 53.0 Å². The summed E-state index contributed by atoms with van der Waals surface area (Å²) in [6, 6.07) is 7.09. The number of alkyl carbamates (subject to hydrolysis) is 1. The topological polar surface area (TPSA) is 75.6 Å². The van der Waals surface area contributed by atoms with E-state index >= 15 is 8.78 Å². The molecule has 0 radical (unpaired) electrons.